The van der Waals surface area contributed by atoms with Crippen molar-refractivity contribution in [2.24, 2.45) is 0 Å². The maximum atomic E-state index is 12.8. The zero-order valence-electron chi connectivity index (χ0n) is 16.4. The summed E-state index contributed by atoms with van der Waals surface area (Å²) in [6, 6.07) is 18.5. The number of nitrogens with zero attached hydrogens (tertiary/aromatic N) is 1. The molecule has 7 heteroatoms. The number of amides is 1. The average Bonchev–Trinajstić information content (AvgIpc) is 3.26. The quantitative estimate of drug-likeness (QED) is 0.609. The second-order valence-corrected chi connectivity index (χ2v) is 8.79. The minimum absolute atomic E-state index is 0.0415. The van der Waals surface area contributed by atoms with Crippen LogP contribution in [0, 0.1) is 0 Å². The highest BCUT2D eigenvalue weighted by Gasteiger charge is 2.21. The molecule has 0 spiro atoms. The molecule has 0 fully saturated rings. The van der Waals surface area contributed by atoms with E-state index in [1.54, 1.807) is 30.5 Å². The van der Waals surface area contributed by atoms with Gasteiger partial charge >= 0.3 is 0 Å². The normalized spacial score (nSPS) is 12.3. The first-order chi connectivity index (χ1) is 13.9. The van der Waals surface area contributed by atoms with Crippen LogP contribution in [0.25, 0.3) is 0 Å². The summed E-state index contributed by atoms with van der Waals surface area (Å²) in [5.74, 6) is 0.639. The van der Waals surface area contributed by atoms with Gasteiger partial charge in [-0.1, -0.05) is 18.2 Å². The maximum absolute atomic E-state index is 12.8. The van der Waals surface area contributed by atoms with Crippen LogP contribution in [0.5, 0.6) is 0 Å². The number of aryl methyl sites for hydroxylation is 1. The molecule has 0 aliphatic carbocycles. The second kappa shape index (κ2) is 8.96. The van der Waals surface area contributed by atoms with Crippen molar-refractivity contribution >= 4 is 21.6 Å². The minimum atomic E-state index is -3.70. The van der Waals surface area contributed by atoms with E-state index in [2.05, 4.69) is 5.32 Å². The van der Waals surface area contributed by atoms with Gasteiger partial charge < -0.3 is 9.73 Å². The van der Waals surface area contributed by atoms with Crippen molar-refractivity contribution in [2.45, 2.75) is 30.7 Å². The zero-order chi connectivity index (χ0) is 20.9. The van der Waals surface area contributed by atoms with E-state index in [1.807, 2.05) is 25.1 Å². The number of rotatable bonds is 8. The Bertz CT molecular complexity index is 1030. The predicted octanol–water partition coefficient (Wildman–Crippen LogP) is 3.86. The van der Waals surface area contributed by atoms with Crippen molar-refractivity contribution < 1.29 is 17.6 Å². The van der Waals surface area contributed by atoms with Crippen LogP contribution in [0.1, 0.15) is 29.5 Å². The fourth-order valence-corrected chi connectivity index (χ4v) is 4.10. The first-order valence-electron chi connectivity index (χ1n) is 9.35. The molecule has 152 valence electrons. The van der Waals surface area contributed by atoms with Crippen LogP contribution in [0.4, 0.5) is 5.69 Å². The molecule has 2 aromatic carbocycles. The Hall–Kier alpha value is -3.06. The SMILES string of the molecule is C[C@@H](CCc1ccco1)NC(=O)c1ccc(S(=O)(=O)N(C)c2ccccc2)cc1. The molecule has 0 aliphatic heterocycles. The zero-order valence-corrected chi connectivity index (χ0v) is 17.2. The molecule has 1 amide bonds. The molecular weight excluding hydrogens is 388 g/mol. The standard InChI is InChI=1S/C22H24N2O4S/c1-17(10-13-20-9-6-16-28-20)23-22(25)18-11-14-21(15-12-18)29(26,27)24(2)19-7-4-3-5-8-19/h3-9,11-12,14-17H,10,13H2,1-2H3,(H,23,25)/t17-/m0/s1. The van der Waals surface area contributed by atoms with Crippen LogP contribution in [0.15, 0.2) is 82.3 Å². The van der Waals surface area contributed by atoms with Crippen LogP contribution in [0.3, 0.4) is 0 Å². The Kier molecular flexibility index (Phi) is 6.39. The first-order valence-corrected chi connectivity index (χ1v) is 10.8. The van der Waals surface area contributed by atoms with Crippen LogP contribution >= 0.6 is 0 Å². The molecule has 0 saturated heterocycles. The number of carbonyl (C=O) groups excluding carboxylic acids is 1. The number of benzene rings is 2. The van der Waals surface area contributed by atoms with E-state index in [-0.39, 0.29) is 16.8 Å². The van der Waals surface area contributed by atoms with Gasteiger partial charge in [0.15, 0.2) is 0 Å². The van der Waals surface area contributed by atoms with Crippen molar-refractivity contribution in [2.75, 3.05) is 11.4 Å². The van der Waals surface area contributed by atoms with E-state index in [0.717, 1.165) is 18.6 Å². The summed E-state index contributed by atoms with van der Waals surface area (Å²) in [6.07, 6.45) is 3.11. The lowest BCUT2D eigenvalue weighted by Gasteiger charge is -2.19. The van der Waals surface area contributed by atoms with E-state index in [0.29, 0.717) is 11.3 Å². The number of sulfonamides is 1. The Morgan fingerprint density at radius 3 is 2.34 bits per heavy atom. The fraction of sp³-hybridized carbons (Fsp3) is 0.227. The van der Waals surface area contributed by atoms with E-state index < -0.39 is 10.0 Å². The van der Waals surface area contributed by atoms with Gasteiger partial charge in [0.25, 0.3) is 15.9 Å². The highest BCUT2D eigenvalue weighted by Crippen LogP contribution is 2.22. The van der Waals surface area contributed by atoms with Gasteiger partial charge in [-0.05, 0) is 61.9 Å². The van der Waals surface area contributed by atoms with Gasteiger partial charge in [-0.15, -0.1) is 0 Å². The van der Waals surface area contributed by atoms with Gasteiger partial charge in [-0.3, -0.25) is 9.10 Å². The second-order valence-electron chi connectivity index (χ2n) is 6.83. The molecule has 0 aliphatic rings. The van der Waals surface area contributed by atoms with E-state index >= 15 is 0 Å². The van der Waals surface area contributed by atoms with Crippen molar-refractivity contribution in [1.29, 1.82) is 0 Å². The van der Waals surface area contributed by atoms with Gasteiger partial charge in [0.2, 0.25) is 0 Å². The van der Waals surface area contributed by atoms with Gasteiger partial charge in [0, 0.05) is 25.1 Å². The average molecular weight is 413 g/mol. The lowest BCUT2D eigenvalue weighted by molar-refractivity contribution is 0.0938. The fourth-order valence-electron chi connectivity index (χ4n) is 2.91. The highest BCUT2D eigenvalue weighted by molar-refractivity contribution is 7.92. The number of anilines is 1. The summed E-state index contributed by atoms with van der Waals surface area (Å²) >= 11 is 0. The molecule has 1 heterocycles. The molecule has 3 aromatic rings. The number of nitrogens with one attached hydrogen (secondary N) is 1. The van der Waals surface area contributed by atoms with E-state index in [9.17, 15) is 13.2 Å². The molecule has 0 saturated carbocycles. The molecule has 0 unspecified atom stereocenters. The summed E-state index contributed by atoms with van der Waals surface area (Å²) in [7, 11) is -2.19. The Balaban J connectivity index is 1.63. The lowest BCUT2D eigenvalue weighted by atomic mass is 10.1. The third kappa shape index (κ3) is 5.06. The number of carbonyl (C=O) groups is 1. The molecule has 3 rings (SSSR count). The molecule has 29 heavy (non-hydrogen) atoms. The first kappa shape index (κ1) is 20.7. The molecular formula is C22H24N2O4S. The number of furan rings is 1. The number of hydrogen-bond donors (Lipinski definition) is 1. The molecule has 0 radical (unpaired) electrons. The van der Waals surface area contributed by atoms with Gasteiger partial charge in [-0.2, -0.15) is 0 Å². The summed E-state index contributed by atoms with van der Waals surface area (Å²) in [6.45, 7) is 1.93. The van der Waals surface area contributed by atoms with Crippen molar-refractivity contribution in [3.63, 3.8) is 0 Å². The predicted molar refractivity (Wildman–Crippen MR) is 112 cm³/mol. The lowest BCUT2D eigenvalue weighted by Crippen LogP contribution is -2.33. The Morgan fingerprint density at radius 2 is 1.72 bits per heavy atom. The summed E-state index contributed by atoms with van der Waals surface area (Å²) in [4.78, 5) is 12.6. The monoisotopic (exact) mass is 412 g/mol. The molecule has 1 N–H and O–H groups in total. The van der Waals surface area contributed by atoms with Crippen LogP contribution in [-0.4, -0.2) is 27.4 Å². The van der Waals surface area contributed by atoms with E-state index in [4.69, 9.17) is 4.42 Å². The molecule has 6 nitrogen and oxygen atoms in total. The summed E-state index contributed by atoms with van der Waals surface area (Å²) < 4.78 is 32.1. The largest absolute Gasteiger partial charge is 0.469 e. The summed E-state index contributed by atoms with van der Waals surface area (Å²) in [5.41, 5.74) is 0.982. The Labute approximate surface area is 171 Å². The van der Waals surface area contributed by atoms with Crippen molar-refractivity contribution in [3.05, 3.63) is 84.3 Å². The minimum Gasteiger partial charge on any atom is -0.469 e. The third-order valence-corrected chi connectivity index (χ3v) is 6.48. The highest BCUT2D eigenvalue weighted by atomic mass is 32.2. The topological polar surface area (TPSA) is 79.6 Å². The van der Waals surface area contributed by atoms with Gasteiger partial charge in [0.1, 0.15) is 5.76 Å². The maximum Gasteiger partial charge on any atom is 0.264 e. The Morgan fingerprint density at radius 1 is 1.03 bits per heavy atom. The molecule has 1 atom stereocenters. The van der Waals surface area contributed by atoms with E-state index in [1.165, 1.54) is 35.6 Å². The van der Waals surface area contributed by atoms with Crippen LogP contribution in [0.2, 0.25) is 0 Å². The number of para-hydroxylation sites is 1. The van der Waals surface area contributed by atoms with Crippen molar-refractivity contribution in [1.82, 2.24) is 5.32 Å². The summed E-state index contributed by atoms with van der Waals surface area (Å²) in [5, 5.41) is 2.92. The van der Waals surface area contributed by atoms with Crippen molar-refractivity contribution in [3.8, 4) is 0 Å². The van der Waals surface area contributed by atoms with Crippen LogP contribution < -0.4 is 9.62 Å². The number of hydrogen-bond acceptors (Lipinski definition) is 4. The van der Waals surface area contributed by atoms with Gasteiger partial charge in [-0.25, -0.2) is 8.42 Å². The third-order valence-electron chi connectivity index (χ3n) is 4.68. The molecule has 0 bridgehead atoms. The van der Waals surface area contributed by atoms with Gasteiger partial charge in [0.05, 0.1) is 16.8 Å². The van der Waals surface area contributed by atoms with Crippen LogP contribution in [-0.2, 0) is 16.4 Å². The molecule has 1 aromatic heterocycles. The smallest absolute Gasteiger partial charge is 0.264 e.